The van der Waals surface area contributed by atoms with E-state index >= 15 is 0 Å². The molecule has 0 spiro atoms. The molecular weight excluding hydrogens is 254 g/mol. The third kappa shape index (κ3) is 4.43. The van der Waals surface area contributed by atoms with Crippen molar-refractivity contribution >= 4 is 5.97 Å². The number of nitrogens with zero attached hydrogens (tertiary/aromatic N) is 2. The van der Waals surface area contributed by atoms with E-state index in [-0.39, 0.29) is 6.04 Å². The number of likely N-dealkylation sites (tertiary alicyclic amines) is 1. The van der Waals surface area contributed by atoms with Crippen LogP contribution in [0.25, 0.3) is 0 Å². The molecule has 20 heavy (non-hydrogen) atoms. The quantitative estimate of drug-likeness (QED) is 0.733. The van der Waals surface area contributed by atoms with Gasteiger partial charge < -0.3 is 14.9 Å². The van der Waals surface area contributed by atoms with Crippen molar-refractivity contribution in [1.29, 1.82) is 0 Å². The highest BCUT2D eigenvalue weighted by atomic mass is 16.4. The zero-order valence-corrected chi connectivity index (χ0v) is 13.8. The SMILES string of the molecule is CC(C)NC(C)(CCN1CC(C)C(N(C)C)C1)C(=O)O. The summed E-state index contributed by atoms with van der Waals surface area (Å²) in [6, 6.07) is 0.743. The zero-order chi connectivity index (χ0) is 15.5. The van der Waals surface area contributed by atoms with Crippen LogP contribution in [0.5, 0.6) is 0 Å². The van der Waals surface area contributed by atoms with E-state index < -0.39 is 11.5 Å². The smallest absolute Gasteiger partial charge is 0.323 e. The lowest BCUT2D eigenvalue weighted by Crippen LogP contribution is -2.53. The van der Waals surface area contributed by atoms with Crippen LogP contribution in [-0.2, 0) is 4.79 Å². The number of hydrogen-bond acceptors (Lipinski definition) is 4. The van der Waals surface area contributed by atoms with E-state index in [1.807, 2.05) is 13.8 Å². The molecule has 0 aliphatic carbocycles. The number of hydrogen-bond donors (Lipinski definition) is 2. The fourth-order valence-corrected chi connectivity index (χ4v) is 3.16. The summed E-state index contributed by atoms with van der Waals surface area (Å²) in [5, 5.41) is 12.6. The van der Waals surface area contributed by atoms with Gasteiger partial charge in [-0.25, -0.2) is 0 Å². The zero-order valence-electron chi connectivity index (χ0n) is 13.8. The first-order valence-electron chi connectivity index (χ1n) is 7.55. The van der Waals surface area contributed by atoms with Crippen LogP contribution in [0, 0.1) is 5.92 Å². The molecule has 2 N–H and O–H groups in total. The van der Waals surface area contributed by atoms with Gasteiger partial charge >= 0.3 is 5.97 Å². The normalized spacial score (nSPS) is 27.2. The number of nitrogens with one attached hydrogen (secondary N) is 1. The van der Waals surface area contributed by atoms with Crippen LogP contribution in [0.15, 0.2) is 0 Å². The lowest BCUT2D eigenvalue weighted by atomic mass is 9.96. The van der Waals surface area contributed by atoms with Crippen LogP contribution < -0.4 is 5.32 Å². The Hall–Kier alpha value is -0.650. The Morgan fingerprint density at radius 2 is 2.05 bits per heavy atom. The van der Waals surface area contributed by atoms with Crippen LogP contribution >= 0.6 is 0 Å². The average molecular weight is 285 g/mol. The summed E-state index contributed by atoms with van der Waals surface area (Å²) in [7, 11) is 4.23. The predicted octanol–water partition coefficient (Wildman–Crippen LogP) is 1.10. The molecule has 1 heterocycles. The summed E-state index contributed by atoms with van der Waals surface area (Å²) in [6.45, 7) is 11.0. The van der Waals surface area contributed by atoms with E-state index in [9.17, 15) is 9.90 Å². The Morgan fingerprint density at radius 1 is 1.45 bits per heavy atom. The van der Waals surface area contributed by atoms with Crippen molar-refractivity contribution in [2.75, 3.05) is 33.7 Å². The Kier molecular flexibility index (Phi) is 5.98. The van der Waals surface area contributed by atoms with Crippen LogP contribution in [-0.4, -0.2) is 72.2 Å². The maximum Gasteiger partial charge on any atom is 0.323 e. The van der Waals surface area contributed by atoms with E-state index in [1.165, 1.54) is 0 Å². The second-order valence-corrected chi connectivity index (χ2v) is 6.95. The van der Waals surface area contributed by atoms with Gasteiger partial charge in [-0.2, -0.15) is 0 Å². The van der Waals surface area contributed by atoms with Gasteiger partial charge in [0, 0.05) is 31.7 Å². The first-order valence-corrected chi connectivity index (χ1v) is 7.55. The third-order valence-electron chi connectivity index (χ3n) is 4.32. The van der Waals surface area contributed by atoms with E-state index in [0.717, 1.165) is 19.6 Å². The molecule has 1 fully saturated rings. The molecule has 3 atom stereocenters. The van der Waals surface area contributed by atoms with Gasteiger partial charge in [-0.3, -0.25) is 10.1 Å². The topological polar surface area (TPSA) is 55.8 Å². The molecule has 5 heteroatoms. The van der Waals surface area contributed by atoms with Crippen LogP contribution in [0.2, 0.25) is 0 Å². The molecule has 3 unspecified atom stereocenters. The number of aliphatic carboxylic acids is 1. The molecule has 5 nitrogen and oxygen atoms in total. The minimum absolute atomic E-state index is 0.170. The second kappa shape index (κ2) is 6.87. The number of rotatable bonds is 7. The van der Waals surface area contributed by atoms with E-state index in [2.05, 4.69) is 36.1 Å². The van der Waals surface area contributed by atoms with E-state index in [0.29, 0.717) is 18.4 Å². The largest absolute Gasteiger partial charge is 0.480 e. The van der Waals surface area contributed by atoms with Crippen molar-refractivity contribution in [1.82, 2.24) is 15.1 Å². The molecule has 118 valence electrons. The molecular formula is C15H31N3O2. The van der Waals surface area contributed by atoms with Crippen molar-refractivity contribution < 1.29 is 9.90 Å². The number of likely N-dealkylation sites (N-methyl/N-ethyl adjacent to an activating group) is 1. The minimum Gasteiger partial charge on any atom is -0.480 e. The number of carboxylic acid groups (broad SMARTS) is 1. The van der Waals surface area contributed by atoms with E-state index in [1.54, 1.807) is 6.92 Å². The highest BCUT2D eigenvalue weighted by Gasteiger charge is 2.36. The summed E-state index contributed by atoms with van der Waals surface area (Å²) in [5.41, 5.74) is -0.840. The predicted molar refractivity (Wildman–Crippen MR) is 82.0 cm³/mol. The summed E-state index contributed by atoms with van der Waals surface area (Å²) in [6.07, 6.45) is 0.632. The summed E-state index contributed by atoms with van der Waals surface area (Å²) in [5.74, 6) is -0.123. The standard InChI is InChI=1S/C15H31N3O2/c1-11(2)16-15(4,14(19)20)7-8-18-9-12(3)13(10-18)17(5)6/h11-13,16H,7-10H2,1-6H3,(H,19,20). The molecule has 1 saturated heterocycles. The summed E-state index contributed by atoms with van der Waals surface area (Å²) < 4.78 is 0. The van der Waals surface area contributed by atoms with Crippen LogP contribution in [0.1, 0.15) is 34.1 Å². The highest BCUT2D eigenvalue weighted by molar-refractivity contribution is 5.78. The summed E-state index contributed by atoms with van der Waals surface area (Å²) >= 11 is 0. The Balaban J connectivity index is 2.55. The molecule has 1 aliphatic heterocycles. The van der Waals surface area contributed by atoms with Gasteiger partial charge in [0.25, 0.3) is 0 Å². The lowest BCUT2D eigenvalue weighted by molar-refractivity contribution is -0.144. The Labute approximate surface area is 123 Å². The van der Waals surface area contributed by atoms with Crippen LogP contribution in [0.3, 0.4) is 0 Å². The van der Waals surface area contributed by atoms with Gasteiger partial charge in [-0.1, -0.05) is 6.92 Å². The Morgan fingerprint density at radius 3 is 2.45 bits per heavy atom. The molecule has 1 rings (SSSR count). The first-order chi connectivity index (χ1) is 9.15. The van der Waals surface area contributed by atoms with Gasteiger partial charge in [-0.15, -0.1) is 0 Å². The average Bonchev–Trinajstić information content (AvgIpc) is 2.67. The summed E-state index contributed by atoms with van der Waals surface area (Å²) in [4.78, 5) is 16.2. The number of carbonyl (C=O) groups is 1. The van der Waals surface area contributed by atoms with Crippen molar-refractivity contribution in [3.05, 3.63) is 0 Å². The lowest BCUT2D eigenvalue weighted by Gasteiger charge is -2.30. The minimum atomic E-state index is -0.840. The van der Waals surface area contributed by atoms with Crippen molar-refractivity contribution in [2.24, 2.45) is 5.92 Å². The molecule has 0 radical (unpaired) electrons. The molecule has 0 aromatic carbocycles. The van der Waals surface area contributed by atoms with Crippen molar-refractivity contribution in [3.8, 4) is 0 Å². The van der Waals surface area contributed by atoms with Crippen LogP contribution in [0.4, 0.5) is 0 Å². The highest BCUT2D eigenvalue weighted by Crippen LogP contribution is 2.22. The molecule has 0 bridgehead atoms. The van der Waals surface area contributed by atoms with Crippen molar-refractivity contribution in [3.63, 3.8) is 0 Å². The van der Waals surface area contributed by atoms with Crippen molar-refractivity contribution in [2.45, 2.75) is 51.7 Å². The van der Waals surface area contributed by atoms with E-state index in [4.69, 9.17) is 0 Å². The second-order valence-electron chi connectivity index (χ2n) is 6.95. The van der Waals surface area contributed by atoms with Gasteiger partial charge in [0.2, 0.25) is 0 Å². The molecule has 0 amide bonds. The molecule has 0 aromatic rings. The maximum absolute atomic E-state index is 11.5. The maximum atomic E-state index is 11.5. The fraction of sp³-hybridized carbons (Fsp3) is 0.933. The number of carboxylic acids is 1. The molecule has 1 aliphatic rings. The van der Waals surface area contributed by atoms with Gasteiger partial charge in [-0.05, 0) is 47.2 Å². The molecule has 0 saturated carbocycles. The van der Waals surface area contributed by atoms with Gasteiger partial charge in [0.15, 0.2) is 0 Å². The van der Waals surface area contributed by atoms with Gasteiger partial charge in [0.1, 0.15) is 5.54 Å². The van der Waals surface area contributed by atoms with Gasteiger partial charge in [0.05, 0.1) is 0 Å². The Bertz CT molecular complexity index is 333. The third-order valence-corrected chi connectivity index (χ3v) is 4.32. The molecule has 0 aromatic heterocycles. The first kappa shape index (κ1) is 17.4. The monoisotopic (exact) mass is 285 g/mol. The fourth-order valence-electron chi connectivity index (χ4n) is 3.16.